The van der Waals surface area contributed by atoms with Crippen molar-refractivity contribution in [1.82, 2.24) is 14.7 Å². The van der Waals surface area contributed by atoms with Gasteiger partial charge in [-0.3, -0.25) is 9.48 Å². The van der Waals surface area contributed by atoms with Gasteiger partial charge in [0.25, 0.3) is 0 Å². The Morgan fingerprint density at radius 3 is 2.40 bits per heavy atom. The molecule has 7 nitrogen and oxygen atoms in total. The van der Waals surface area contributed by atoms with Gasteiger partial charge in [0, 0.05) is 38.0 Å². The van der Waals surface area contributed by atoms with Crippen LogP contribution in [0.2, 0.25) is 0 Å². The largest absolute Gasteiger partial charge is 0.494 e. The molecule has 1 amide bonds. The van der Waals surface area contributed by atoms with Crippen molar-refractivity contribution in [2.75, 3.05) is 26.0 Å². The second-order valence-electron chi connectivity index (χ2n) is 8.13. The molecule has 0 radical (unpaired) electrons. The van der Waals surface area contributed by atoms with Crippen LogP contribution in [0, 0.1) is 19.8 Å². The number of sulfone groups is 1. The molecule has 0 bridgehead atoms. The highest BCUT2D eigenvalue weighted by molar-refractivity contribution is 7.90. The van der Waals surface area contributed by atoms with Crippen LogP contribution in [0.1, 0.15) is 37.1 Å². The summed E-state index contributed by atoms with van der Waals surface area (Å²) in [6, 6.07) is 8.45. The summed E-state index contributed by atoms with van der Waals surface area (Å²) in [5.41, 5.74) is 2.24. The number of benzene rings is 1. The van der Waals surface area contributed by atoms with Crippen LogP contribution >= 0.6 is 0 Å². The molecule has 1 aromatic heterocycles. The van der Waals surface area contributed by atoms with Crippen LogP contribution in [-0.4, -0.2) is 55.0 Å². The molecule has 3 rings (SSSR count). The summed E-state index contributed by atoms with van der Waals surface area (Å²) < 4.78 is 30.7. The number of piperidine rings is 1. The van der Waals surface area contributed by atoms with Crippen molar-refractivity contribution in [1.29, 1.82) is 0 Å². The number of hydrogen-bond acceptors (Lipinski definition) is 5. The van der Waals surface area contributed by atoms with Crippen LogP contribution in [0.5, 0.6) is 5.75 Å². The van der Waals surface area contributed by atoms with Gasteiger partial charge in [0.1, 0.15) is 5.75 Å². The van der Waals surface area contributed by atoms with E-state index in [1.165, 1.54) is 24.1 Å². The fourth-order valence-corrected chi connectivity index (χ4v) is 4.45. The Bertz CT molecular complexity index is 959. The minimum atomic E-state index is -3.20. The Morgan fingerprint density at radius 2 is 1.83 bits per heavy atom. The summed E-state index contributed by atoms with van der Waals surface area (Å²) in [5.74, 6) is 1.35. The van der Waals surface area contributed by atoms with Gasteiger partial charge in [-0.2, -0.15) is 5.10 Å². The Balaban J connectivity index is 1.35. The minimum Gasteiger partial charge on any atom is -0.494 e. The molecule has 0 spiro atoms. The average molecular weight is 434 g/mol. The first-order chi connectivity index (χ1) is 14.2. The van der Waals surface area contributed by atoms with Crippen molar-refractivity contribution in [2.45, 2.75) is 51.0 Å². The zero-order valence-corrected chi connectivity index (χ0v) is 18.8. The van der Waals surface area contributed by atoms with E-state index in [-0.39, 0.29) is 10.8 Å². The zero-order valence-electron chi connectivity index (χ0n) is 18.0. The molecular formula is C22H31N3O4S. The van der Waals surface area contributed by atoms with Gasteiger partial charge < -0.3 is 9.64 Å². The first-order valence-electron chi connectivity index (χ1n) is 10.4. The van der Waals surface area contributed by atoms with E-state index in [0.717, 1.165) is 38.2 Å². The number of aromatic nitrogens is 2. The summed E-state index contributed by atoms with van der Waals surface area (Å²) in [6.07, 6.45) is 4.29. The Morgan fingerprint density at radius 1 is 1.17 bits per heavy atom. The molecule has 0 unspecified atom stereocenters. The van der Waals surface area contributed by atoms with Crippen LogP contribution in [-0.2, 0) is 21.2 Å². The molecule has 2 heterocycles. The number of nitrogens with zero attached hydrogens (tertiary/aromatic N) is 3. The first kappa shape index (κ1) is 22.3. The van der Waals surface area contributed by atoms with E-state index in [1.54, 1.807) is 12.1 Å². The third kappa shape index (κ3) is 6.08. The molecule has 1 fully saturated rings. The molecule has 1 aliphatic heterocycles. The van der Waals surface area contributed by atoms with Crippen molar-refractivity contribution in [3.8, 4) is 5.75 Å². The van der Waals surface area contributed by atoms with Crippen molar-refractivity contribution in [3.63, 3.8) is 0 Å². The molecule has 0 aliphatic carbocycles. The SMILES string of the molecule is Cc1cc(C)n(CC2CCN(C(=O)CCCOc3ccc(S(C)(=O)=O)cc3)CC2)n1. The third-order valence-corrected chi connectivity index (χ3v) is 6.69. The van der Waals surface area contributed by atoms with E-state index >= 15 is 0 Å². The predicted octanol–water partition coefficient (Wildman–Crippen LogP) is 3.00. The molecule has 164 valence electrons. The first-order valence-corrected chi connectivity index (χ1v) is 12.3. The number of ether oxygens (including phenoxy) is 1. The number of rotatable bonds is 8. The van der Waals surface area contributed by atoms with Crippen LogP contribution in [0.3, 0.4) is 0 Å². The summed E-state index contributed by atoms with van der Waals surface area (Å²) in [7, 11) is -3.20. The molecule has 0 atom stereocenters. The molecule has 30 heavy (non-hydrogen) atoms. The molecule has 1 aliphatic rings. The maximum absolute atomic E-state index is 12.5. The van der Waals surface area contributed by atoms with Gasteiger partial charge in [0.2, 0.25) is 5.91 Å². The molecule has 8 heteroatoms. The van der Waals surface area contributed by atoms with E-state index in [9.17, 15) is 13.2 Å². The normalized spacial score (nSPS) is 15.4. The van der Waals surface area contributed by atoms with Gasteiger partial charge in [-0.15, -0.1) is 0 Å². The van der Waals surface area contributed by atoms with E-state index in [2.05, 4.69) is 22.8 Å². The minimum absolute atomic E-state index is 0.176. The van der Waals surface area contributed by atoms with Gasteiger partial charge >= 0.3 is 0 Å². The van der Waals surface area contributed by atoms with Gasteiger partial charge in [-0.1, -0.05) is 0 Å². The predicted molar refractivity (Wildman–Crippen MR) is 115 cm³/mol. The van der Waals surface area contributed by atoms with Gasteiger partial charge in [0.05, 0.1) is 17.2 Å². The Hall–Kier alpha value is -2.35. The lowest BCUT2D eigenvalue weighted by Crippen LogP contribution is -2.39. The highest BCUT2D eigenvalue weighted by Gasteiger charge is 2.23. The number of likely N-dealkylation sites (tertiary alicyclic amines) is 1. The Labute approximate surface area is 178 Å². The lowest BCUT2D eigenvalue weighted by Gasteiger charge is -2.32. The second kappa shape index (κ2) is 9.64. The third-order valence-electron chi connectivity index (χ3n) is 5.56. The van der Waals surface area contributed by atoms with E-state index in [1.807, 2.05) is 11.8 Å². The van der Waals surface area contributed by atoms with E-state index in [0.29, 0.717) is 31.1 Å². The number of aryl methyl sites for hydroxylation is 2. The zero-order chi connectivity index (χ0) is 21.7. The maximum Gasteiger partial charge on any atom is 0.222 e. The molecule has 2 aromatic rings. The Kier molecular flexibility index (Phi) is 7.18. The summed E-state index contributed by atoms with van der Waals surface area (Å²) in [5, 5.41) is 4.54. The fraction of sp³-hybridized carbons (Fsp3) is 0.545. The lowest BCUT2D eigenvalue weighted by molar-refractivity contribution is -0.132. The number of amides is 1. The van der Waals surface area contributed by atoms with Gasteiger partial charge in [-0.05, 0) is 69.4 Å². The highest BCUT2D eigenvalue weighted by atomic mass is 32.2. The molecule has 1 aromatic carbocycles. The van der Waals surface area contributed by atoms with E-state index < -0.39 is 9.84 Å². The summed E-state index contributed by atoms with van der Waals surface area (Å²) >= 11 is 0. The number of carbonyl (C=O) groups excluding carboxylic acids is 1. The summed E-state index contributed by atoms with van der Waals surface area (Å²) in [4.78, 5) is 14.7. The molecule has 0 saturated carbocycles. The van der Waals surface area contributed by atoms with Gasteiger partial charge in [-0.25, -0.2) is 8.42 Å². The van der Waals surface area contributed by atoms with Crippen LogP contribution in [0.15, 0.2) is 35.2 Å². The quantitative estimate of drug-likeness (QED) is 0.598. The smallest absolute Gasteiger partial charge is 0.222 e. The van der Waals surface area contributed by atoms with Crippen molar-refractivity contribution in [3.05, 3.63) is 41.7 Å². The molecule has 1 saturated heterocycles. The maximum atomic E-state index is 12.5. The second-order valence-corrected chi connectivity index (χ2v) is 10.1. The monoisotopic (exact) mass is 433 g/mol. The van der Waals surface area contributed by atoms with Crippen molar-refractivity contribution < 1.29 is 17.9 Å². The topological polar surface area (TPSA) is 81.5 Å². The van der Waals surface area contributed by atoms with E-state index in [4.69, 9.17) is 4.74 Å². The average Bonchev–Trinajstić information content (AvgIpc) is 3.02. The van der Waals surface area contributed by atoms with Crippen LogP contribution in [0.25, 0.3) is 0 Å². The van der Waals surface area contributed by atoms with Gasteiger partial charge in [0.15, 0.2) is 9.84 Å². The lowest BCUT2D eigenvalue weighted by atomic mass is 9.96. The van der Waals surface area contributed by atoms with Crippen molar-refractivity contribution >= 4 is 15.7 Å². The summed E-state index contributed by atoms with van der Waals surface area (Å²) in [6.45, 7) is 7.05. The number of hydrogen-bond donors (Lipinski definition) is 0. The number of carbonyl (C=O) groups is 1. The van der Waals surface area contributed by atoms with Crippen molar-refractivity contribution in [2.24, 2.45) is 5.92 Å². The van der Waals surface area contributed by atoms with Crippen LogP contribution < -0.4 is 4.74 Å². The highest BCUT2D eigenvalue weighted by Crippen LogP contribution is 2.21. The molecule has 0 N–H and O–H groups in total. The standard InChI is InChI=1S/C22H31N3O4S/c1-17-15-18(2)25(23-17)16-19-10-12-24(13-11-19)22(26)5-4-14-29-20-6-8-21(9-7-20)30(3,27)28/h6-9,15,19H,4-5,10-14,16H2,1-3H3. The molecular weight excluding hydrogens is 402 g/mol. The fourth-order valence-electron chi connectivity index (χ4n) is 3.82. The van der Waals surface area contributed by atoms with Crippen LogP contribution in [0.4, 0.5) is 0 Å².